The molecule has 13 heavy (non-hydrogen) atoms. The number of rotatable bonds is 4. The monoisotopic (exact) mass is 195 g/mol. The molecule has 0 aromatic carbocycles. The van der Waals surface area contributed by atoms with Crippen LogP contribution in [0.3, 0.4) is 0 Å². The Morgan fingerprint density at radius 1 is 1.38 bits per heavy atom. The van der Waals surface area contributed by atoms with Crippen LogP contribution in [0.25, 0.3) is 0 Å². The van der Waals surface area contributed by atoms with E-state index in [1.54, 1.807) is 0 Å². The predicted molar refractivity (Wildman–Crippen MR) is 44.1 cm³/mol. The second-order valence-corrected chi connectivity index (χ2v) is 2.71. The molecule has 0 aromatic rings. The largest absolute Gasteiger partial charge is 0.502 e. The summed E-state index contributed by atoms with van der Waals surface area (Å²) in [5.41, 5.74) is 0.151. The van der Waals surface area contributed by atoms with E-state index in [4.69, 9.17) is 0 Å². The third-order valence-electron chi connectivity index (χ3n) is 1.42. The molecular formula is C7H11BF3O2-. The highest BCUT2D eigenvalue weighted by Crippen LogP contribution is 2.15. The Hall–Kier alpha value is -0.935. The van der Waals surface area contributed by atoms with Crippen LogP contribution in [-0.4, -0.2) is 20.1 Å². The number of halogens is 3. The van der Waals surface area contributed by atoms with E-state index in [1.165, 1.54) is 14.0 Å². The summed E-state index contributed by atoms with van der Waals surface area (Å²) in [7, 11) is 1.20. The zero-order valence-electron chi connectivity index (χ0n) is 7.52. The van der Waals surface area contributed by atoms with Gasteiger partial charge in [0.05, 0.1) is 7.11 Å². The molecule has 2 nitrogen and oxygen atoms in total. The van der Waals surface area contributed by atoms with Crippen molar-refractivity contribution in [2.45, 2.75) is 19.8 Å². The van der Waals surface area contributed by atoms with E-state index in [0.717, 1.165) is 0 Å². The average molecular weight is 195 g/mol. The highest BCUT2D eigenvalue weighted by molar-refractivity contribution is 6.64. The molecular weight excluding hydrogens is 184 g/mol. The van der Waals surface area contributed by atoms with Crippen molar-refractivity contribution in [3.05, 3.63) is 11.5 Å². The van der Waals surface area contributed by atoms with Gasteiger partial charge in [0.2, 0.25) is 0 Å². The molecule has 0 rings (SSSR count). The number of carbonyl (C=O) groups excluding carboxylic acids is 1. The van der Waals surface area contributed by atoms with E-state index in [2.05, 4.69) is 4.74 Å². The summed E-state index contributed by atoms with van der Waals surface area (Å²) < 4.78 is 39.6. The Bertz CT molecular complexity index is 210. The predicted octanol–water partition coefficient (Wildman–Crippen LogP) is 2.27. The molecule has 0 unspecified atom stereocenters. The molecule has 0 saturated carbocycles. The summed E-state index contributed by atoms with van der Waals surface area (Å²) in [4.78, 5) is 10.6. The van der Waals surface area contributed by atoms with Gasteiger partial charge in [0, 0.05) is 6.42 Å². The lowest BCUT2D eigenvalue weighted by atomic mass is 9.87. The van der Waals surface area contributed by atoms with Crippen molar-refractivity contribution >= 4 is 12.9 Å². The summed E-state index contributed by atoms with van der Waals surface area (Å²) in [5.74, 6) is -0.245. The number of esters is 1. The molecule has 0 aliphatic carbocycles. The molecule has 0 heterocycles. The minimum Gasteiger partial charge on any atom is -0.469 e. The van der Waals surface area contributed by atoms with Gasteiger partial charge in [-0.15, -0.1) is 11.5 Å². The highest BCUT2D eigenvalue weighted by Gasteiger charge is 2.18. The molecule has 0 amide bonds. The molecule has 0 N–H and O–H groups in total. The second-order valence-electron chi connectivity index (χ2n) is 2.71. The molecule has 0 radical (unpaired) electrons. The Balaban J connectivity index is 3.94. The van der Waals surface area contributed by atoms with Gasteiger partial charge in [0.25, 0.3) is 0 Å². The topological polar surface area (TPSA) is 26.3 Å². The maximum absolute atomic E-state index is 11.8. The molecule has 0 aromatic heterocycles. The highest BCUT2D eigenvalue weighted by atomic mass is 19.4. The molecule has 0 fully saturated rings. The number of hydrogen-bond acceptors (Lipinski definition) is 2. The molecule has 76 valence electrons. The van der Waals surface area contributed by atoms with Gasteiger partial charge in [-0.05, 0) is 13.3 Å². The number of hydrogen-bond donors (Lipinski definition) is 0. The zero-order valence-corrected chi connectivity index (χ0v) is 7.52. The molecule has 0 aliphatic heterocycles. The lowest BCUT2D eigenvalue weighted by molar-refractivity contribution is -0.140. The number of ether oxygens (including phenoxy) is 1. The van der Waals surface area contributed by atoms with E-state index >= 15 is 0 Å². The summed E-state index contributed by atoms with van der Waals surface area (Å²) in [6.45, 7) is -3.55. The molecule has 0 saturated heterocycles. The van der Waals surface area contributed by atoms with E-state index < -0.39 is 12.9 Å². The van der Waals surface area contributed by atoms with Crippen LogP contribution in [0.4, 0.5) is 12.9 Å². The van der Waals surface area contributed by atoms with Gasteiger partial charge in [0.15, 0.2) is 0 Å². The smallest absolute Gasteiger partial charge is 0.469 e. The van der Waals surface area contributed by atoms with Gasteiger partial charge in [-0.2, -0.15) is 0 Å². The fourth-order valence-electron chi connectivity index (χ4n) is 0.807. The van der Waals surface area contributed by atoms with Gasteiger partial charge in [-0.25, -0.2) is 0 Å². The fourth-order valence-corrected chi connectivity index (χ4v) is 0.807. The first kappa shape index (κ1) is 12.1. The van der Waals surface area contributed by atoms with E-state index in [-0.39, 0.29) is 24.4 Å². The number of methoxy groups -OCH3 is 1. The van der Waals surface area contributed by atoms with Gasteiger partial charge in [0.1, 0.15) is 0 Å². The SMILES string of the molecule is COC(=O)CC/C(C)=C/[B-](F)(F)F. The molecule has 0 bridgehead atoms. The molecule has 0 aliphatic rings. The first-order chi connectivity index (χ1) is 5.85. The van der Waals surface area contributed by atoms with E-state index in [0.29, 0.717) is 0 Å². The second kappa shape index (κ2) is 4.94. The van der Waals surface area contributed by atoms with Crippen molar-refractivity contribution in [3.63, 3.8) is 0 Å². The van der Waals surface area contributed by atoms with Gasteiger partial charge < -0.3 is 17.7 Å². The summed E-state index contributed by atoms with van der Waals surface area (Å²) in [6, 6.07) is 0. The maximum Gasteiger partial charge on any atom is 0.502 e. The van der Waals surface area contributed by atoms with Crippen LogP contribution in [0.5, 0.6) is 0 Å². The molecule has 6 heteroatoms. The first-order valence-corrected chi connectivity index (χ1v) is 3.80. The Labute approximate surface area is 74.8 Å². The van der Waals surface area contributed by atoms with Gasteiger partial charge >= 0.3 is 12.9 Å². The van der Waals surface area contributed by atoms with Crippen molar-refractivity contribution in [1.82, 2.24) is 0 Å². The maximum atomic E-state index is 11.8. The van der Waals surface area contributed by atoms with Crippen molar-refractivity contribution in [3.8, 4) is 0 Å². The minimum absolute atomic E-state index is 0.00894. The zero-order chi connectivity index (χ0) is 10.5. The average Bonchev–Trinajstić information content (AvgIpc) is 1.97. The third-order valence-corrected chi connectivity index (χ3v) is 1.42. The van der Waals surface area contributed by atoms with Crippen LogP contribution in [0.15, 0.2) is 11.5 Å². The third kappa shape index (κ3) is 7.43. The van der Waals surface area contributed by atoms with Gasteiger partial charge in [-0.1, -0.05) is 0 Å². The van der Waals surface area contributed by atoms with E-state index in [1.807, 2.05) is 0 Å². The Kier molecular flexibility index (Phi) is 4.58. The fraction of sp³-hybridized carbons (Fsp3) is 0.571. The molecule has 0 spiro atoms. The first-order valence-electron chi connectivity index (χ1n) is 3.80. The summed E-state index contributed by atoms with van der Waals surface area (Å²) >= 11 is 0. The van der Waals surface area contributed by atoms with E-state index in [9.17, 15) is 17.7 Å². The minimum atomic E-state index is -4.90. The van der Waals surface area contributed by atoms with Crippen LogP contribution in [0.2, 0.25) is 0 Å². The lowest BCUT2D eigenvalue weighted by Crippen LogP contribution is -2.11. The van der Waals surface area contributed by atoms with Crippen molar-refractivity contribution in [2.75, 3.05) is 7.11 Å². The quantitative estimate of drug-likeness (QED) is 0.507. The van der Waals surface area contributed by atoms with Crippen LogP contribution >= 0.6 is 0 Å². The lowest BCUT2D eigenvalue weighted by Gasteiger charge is -2.09. The Morgan fingerprint density at radius 2 is 1.92 bits per heavy atom. The normalized spacial score (nSPS) is 12.8. The van der Waals surface area contributed by atoms with Crippen molar-refractivity contribution in [2.24, 2.45) is 0 Å². The standard InChI is InChI=1S/C7H11BF3O2/c1-6(5-8(9,10)11)3-4-7(12)13-2/h5H,3-4H2,1-2H3/q-1/b6-5+. The Morgan fingerprint density at radius 3 is 2.31 bits per heavy atom. The summed E-state index contributed by atoms with van der Waals surface area (Å²) in [5, 5.41) is 0. The molecule has 0 atom stereocenters. The number of allylic oxidation sites excluding steroid dienone is 1. The van der Waals surface area contributed by atoms with Crippen molar-refractivity contribution < 1.29 is 22.5 Å². The number of carbonyl (C=O) groups is 1. The van der Waals surface area contributed by atoms with Crippen LogP contribution < -0.4 is 0 Å². The van der Waals surface area contributed by atoms with Crippen LogP contribution in [-0.2, 0) is 9.53 Å². The van der Waals surface area contributed by atoms with Crippen LogP contribution in [0, 0.1) is 0 Å². The van der Waals surface area contributed by atoms with Gasteiger partial charge in [-0.3, -0.25) is 4.79 Å². The van der Waals surface area contributed by atoms with Crippen LogP contribution in [0.1, 0.15) is 19.8 Å². The van der Waals surface area contributed by atoms with Crippen molar-refractivity contribution in [1.29, 1.82) is 0 Å². The summed E-state index contributed by atoms with van der Waals surface area (Å²) in [6.07, 6.45) is 0.0823.